The number of sulfonamides is 1. The number of hydrogen-bond donors (Lipinski definition) is 5. The number of likely N-dealkylation sites (tertiary alicyclic amines) is 1. The number of amides is 3. The maximum atomic E-state index is 14.6. The number of nitrogens with one attached hydrogen (secondary N) is 4. The first-order valence-corrected chi connectivity index (χ1v) is 40.2. The molecular weight excluding hydrogens is 1390 g/mol. The average molecular weight is 1490 g/mol. The van der Waals surface area contributed by atoms with Crippen LogP contribution in [0.3, 0.4) is 0 Å². The Morgan fingerprint density at radius 2 is 1.45 bits per heavy atom. The highest BCUT2D eigenvalue weighted by molar-refractivity contribution is 7.99. The molecule has 1 aromatic heterocycles. The van der Waals surface area contributed by atoms with E-state index in [1.165, 1.54) is 45.5 Å². The summed E-state index contributed by atoms with van der Waals surface area (Å²) in [6, 6.07) is 32.4. The van der Waals surface area contributed by atoms with Gasteiger partial charge in [-0.2, -0.15) is 13.2 Å². The van der Waals surface area contributed by atoms with Crippen LogP contribution in [0.5, 0.6) is 0 Å². The van der Waals surface area contributed by atoms with Gasteiger partial charge >= 0.3 is 5.51 Å². The summed E-state index contributed by atoms with van der Waals surface area (Å²) in [5, 5.41) is 21.0. The van der Waals surface area contributed by atoms with E-state index < -0.39 is 76.4 Å². The van der Waals surface area contributed by atoms with Crippen LogP contribution in [0.15, 0.2) is 147 Å². The van der Waals surface area contributed by atoms with Crippen molar-refractivity contribution in [2.75, 3.05) is 101 Å². The number of allylic oxidation sites excluding steroid dienone is 1. The smallest absolute Gasteiger partial charge is 0.391 e. The quantitative estimate of drug-likeness (QED) is 0.0218. The number of thiazole rings is 1. The third kappa shape index (κ3) is 20.7. The Balaban J connectivity index is 0.685. The number of sulfone groups is 1. The molecule has 4 aliphatic rings. The molecule has 546 valence electrons. The molecule has 0 saturated carbocycles. The molecule has 0 bridgehead atoms. The Morgan fingerprint density at radius 1 is 0.792 bits per heavy atom. The first kappa shape index (κ1) is 77.2. The molecule has 26 heteroatoms. The van der Waals surface area contributed by atoms with E-state index in [0.29, 0.717) is 36.4 Å². The monoisotopic (exact) mass is 1480 g/mol. The van der Waals surface area contributed by atoms with Gasteiger partial charge in [-0.25, -0.2) is 26.5 Å². The normalized spacial score (nSPS) is 18.9. The van der Waals surface area contributed by atoms with E-state index in [1.807, 2.05) is 105 Å². The average Bonchev–Trinajstić information content (AvgIpc) is 1.56. The van der Waals surface area contributed by atoms with Crippen molar-refractivity contribution in [1.29, 1.82) is 0 Å². The zero-order chi connectivity index (χ0) is 72.3. The predicted octanol–water partition coefficient (Wildman–Crippen LogP) is 12.4. The van der Waals surface area contributed by atoms with Gasteiger partial charge in [0.25, 0.3) is 25.8 Å². The van der Waals surface area contributed by atoms with Crippen LogP contribution >= 0.6 is 34.7 Å². The van der Waals surface area contributed by atoms with Gasteiger partial charge in [0, 0.05) is 118 Å². The minimum atomic E-state index is -6.13. The van der Waals surface area contributed by atoms with E-state index in [2.05, 4.69) is 66.5 Å². The number of hydrogen-bond acceptors (Lipinski definition) is 17. The fourth-order valence-electron chi connectivity index (χ4n) is 13.9. The number of aliphatic hydroxyl groups is 1. The van der Waals surface area contributed by atoms with Crippen LogP contribution in [0.1, 0.15) is 120 Å². The van der Waals surface area contributed by atoms with Gasteiger partial charge in [-0.05, 0) is 158 Å². The summed E-state index contributed by atoms with van der Waals surface area (Å²) >= 11 is 9.26. The topological polar surface area (TPSA) is 217 Å². The second kappa shape index (κ2) is 34.0. The molecular formula is C75H96ClF3N10O8S4. The predicted molar refractivity (Wildman–Crippen MR) is 397 cm³/mol. The highest BCUT2D eigenvalue weighted by Crippen LogP contribution is 2.44. The number of halogens is 4. The second-order valence-corrected chi connectivity index (χ2v) is 34.9. The number of carbonyl (C=O) groups is 3. The van der Waals surface area contributed by atoms with E-state index in [1.54, 1.807) is 23.5 Å². The van der Waals surface area contributed by atoms with Crippen LogP contribution < -0.4 is 25.6 Å². The molecule has 5 N–H and O–H groups in total. The summed E-state index contributed by atoms with van der Waals surface area (Å²) < 4.78 is 100. The number of β-amino-alcohol motifs (C(OH)–C–C–N with tert-alkyl or cyclic N) is 1. The molecule has 3 fully saturated rings. The van der Waals surface area contributed by atoms with Crippen LogP contribution in [-0.2, 0) is 36.0 Å². The first-order chi connectivity index (χ1) is 48.0. The van der Waals surface area contributed by atoms with E-state index >= 15 is 0 Å². The van der Waals surface area contributed by atoms with Crippen LogP contribution in [0.25, 0.3) is 16.0 Å². The van der Waals surface area contributed by atoms with Crippen LogP contribution in [0, 0.1) is 17.8 Å². The first-order valence-electron chi connectivity index (χ1n) is 35.0. The zero-order valence-corrected chi connectivity index (χ0v) is 62.6. The summed E-state index contributed by atoms with van der Waals surface area (Å²) in [5.74, 6) is -1.21. The summed E-state index contributed by atoms with van der Waals surface area (Å²) in [6.45, 7) is 22.0. The standard InChI is InChI=1S/C75H96ClF3N10O8S4/c1-52-68(99-51-82-52)55-18-16-53(17-19-55)47-81-71(92)66-44-61(90)49-89(66)72(93)69(73(2,3)4)80-33-12-7-8-13-34-85-36-38-86(39-37-85)35-31-59(50-98-62-14-10-9-11-15-62)83-65-29-28-63(45-67(65)100(94,95)75(77,78)79)101(96,97)84-70(91)56-22-26-60(27-23-56)88-42-40-87(41-43-88)48-57-46-74(5,6)32-30-64(57)54-20-24-58(76)25-21-54/h9-11,14-29,45,51,59,61,66,69,80,83,90H,7-8,12-13,30-44,46-50H2,1-6H3,(H,81,92)(H,84,91)/t59-,61-,66+,69-/m1/s1. The van der Waals surface area contributed by atoms with E-state index in [0.717, 1.165) is 155 Å². The molecule has 18 nitrogen and oxygen atoms in total. The molecule has 3 amide bonds. The Morgan fingerprint density at radius 3 is 2.10 bits per heavy atom. The van der Waals surface area contributed by atoms with Gasteiger partial charge in [-0.1, -0.05) is 119 Å². The summed E-state index contributed by atoms with van der Waals surface area (Å²) in [7, 11) is -11.0. The fraction of sp³-hybridized carbons (Fsp3) is 0.493. The molecule has 4 heterocycles. The number of rotatable bonds is 29. The summed E-state index contributed by atoms with van der Waals surface area (Å²) in [5.41, 5.74) is 3.13. The zero-order valence-electron chi connectivity index (χ0n) is 58.5. The lowest BCUT2D eigenvalue weighted by molar-refractivity contribution is -0.142. The Labute approximate surface area is 607 Å². The molecule has 1 aliphatic carbocycles. The largest absolute Gasteiger partial charge is 0.501 e. The van der Waals surface area contributed by atoms with Crippen molar-refractivity contribution in [2.45, 2.75) is 150 Å². The number of aryl methyl sites for hydroxylation is 1. The Kier molecular flexibility index (Phi) is 26.0. The highest BCUT2D eigenvalue weighted by atomic mass is 35.5. The molecule has 101 heavy (non-hydrogen) atoms. The minimum Gasteiger partial charge on any atom is -0.391 e. The molecule has 6 aromatic rings. The Bertz CT molecular complexity index is 4050. The number of aromatic nitrogens is 1. The van der Waals surface area contributed by atoms with Crippen molar-refractivity contribution in [3.05, 3.63) is 160 Å². The van der Waals surface area contributed by atoms with Gasteiger partial charge < -0.3 is 40.7 Å². The van der Waals surface area contributed by atoms with Crippen molar-refractivity contribution in [2.24, 2.45) is 10.8 Å². The van der Waals surface area contributed by atoms with Crippen molar-refractivity contribution in [1.82, 2.24) is 39.9 Å². The van der Waals surface area contributed by atoms with Crippen LogP contribution in [0.4, 0.5) is 24.5 Å². The SMILES string of the molecule is Cc1ncsc1-c1ccc(CNC(=O)[C@@H]2C[C@@H](O)CN2C(=O)[C@@H](NCCCCCCN2CCN(CC[C@H](CSc3ccccc3)Nc3ccc(S(=O)(=O)NC(=O)c4ccc(N5CCN(CC6=C(c7ccc(Cl)cc7)CCC(C)(C)C6)CC5)cc4)cc3S(=O)(=O)C(F)(F)F)CC2)C(C)(C)C)cc1. The summed E-state index contributed by atoms with van der Waals surface area (Å²) in [6.07, 6.45) is 6.61. The van der Waals surface area contributed by atoms with Crippen molar-refractivity contribution >= 4 is 89.2 Å². The molecule has 0 unspecified atom stereocenters. The third-order valence-electron chi connectivity index (χ3n) is 19.7. The number of unbranched alkanes of at least 4 members (excludes halogenated alkanes) is 3. The second-order valence-electron chi connectivity index (χ2n) is 29.0. The number of anilines is 2. The molecule has 0 spiro atoms. The maximum Gasteiger partial charge on any atom is 0.501 e. The molecule has 3 aliphatic heterocycles. The lowest BCUT2D eigenvalue weighted by Gasteiger charge is -2.39. The number of thioether (sulfide) groups is 1. The summed E-state index contributed by atoms with van der Waals surface area (Å²) in [4.78, 5) is 56.5. The lowest BCUT2D eigenvalue weighted by atomic mass is 9.73. The third-order valence-corrected chi connectivity index (χ3v) is 25.0. The van der Waals surface area contributed by atoms with Crippen LogP contribution in [0.2, 0.25) is 5.02 Å². The molecule has 5 aromatic carbocycles. The fourth-order valence-corrected chi connectivity index (χ4v) is 17.8. The van der Waals surface area contributed by atoms with Crippen molar-refractivity contribution in [3.8, 4) is 10.4 Å². The molecule has 0 radical (unpaired) electrons. The van der Waals surface area contributed by atoms with Crippen LogP contribution in [-0.4, -0.2) is 185 Å². The number of aliphatic hydroxyl groups excluding tert-OH is 1. The molecule has 3 saturated heterocycles. The number of carbonyl (C=O) groups excluding carboxylic acids is 3. The number of piperazine rings is 2. The lowest BCUT2D eigenvalue weighted by Crippen LogP contribution is -2.56. The van der Waals surface area contributed by atoms with Crippen molar-refractivity contribution in [3.63, 3.8) is 0 Å². The van der Waals surface area contributed by atoms with Gasteiger partial charge in [0.15, 0.2) is 0 Å². The van der Waals surface area contributed by atoms with Gasteiger partial charge in [-0.3, -0.25) is 19.3 Å². The molecule has 4 atom stereocenters. The highest BCUT2D eigenvalue weighted by Gasteiger charge is 2.49. The van der Waals surface area contributed by atoms with E-state index in [-0.39, 0.29) is 42.3 Å². The van der Waals surface area contributed by atoms with Gasteiger partial charge in [-0.15, -0.1) is 23.1 Å². The van der Waals surface area contributed by atoms with Gasteiger partial charge in [0.1, 0.15) is 10.9 Å². The number of nitrogens with zero attached hydrogens (tertiary/aromatic N) is 6. The van der Waals surface area contributed by atoms with Gasteiger partial charge in [0.2, 0.25) is 11.8 Å². The van der Waals surface area contributed by atoms with E-state index in [9.17, 15) is 49.5 Å². The number of alkyl halides is 3. The van der Waals surface area contributed by atoms with E-state index in [4.69, 9.17) is 11.6 Å². The Hall–Kier alpha value is -6.39. The molecule has 10 rings (SSSR count). The minimum absolute atomic E-state index is 0.0173. The maximum absolute atomic E-state index is 14.6. The van der Waals surface area contributed by atoms with Crippen molar-refractivity contribution < 1.29 is 49.5 Å². The van der Waals surface area contributed by atoms with Gasteiger partial charge in [0.05, 0.1) is 38.8 Å². The number of benzene rings is 5.